The number of amides is 2. The fraction of sp³-hybridized carbons (Fsp3) is 0.286. The Balaban J connectivity index is 1.89. The van der Waals surface area contributed by atoms with Crippen LogP contribution in [0, 0.1) is 5.82 Å². The zero-order valence-corrected chi connectivity index (χ0v) is 22.0. The minimum Gasteiger partial charge on any atom is -0.493 e. The molecule has 1 aliphatic heterocycles. The third-order valence-electron chi connectivity index (χ3n) is 6.61. The molecule has 9 nitrogen and oxygen atoms in total. The quantitative estimate of drug-likeness (QED) is 0.466. The van der Waals surface area contributed by atoms with E-state index >= 15 is 4.39 Å². The lowest BCUT2D eigenvalue weighted by Gasteiger charge is -2.40. The van der Waals surface area contributed by atoms with Crippen molar-refractivity contribution in [2.24, 2.45) is 0 Å². The molecule has 4 rings (SSSR count). The molecular formula is C28H29FN2O7. The molecule has 3 aromatic rings. The van der Waals surface area contributed by atoms with Gasteiger partial charge in [0.15, 0.2) is 23.0 Å². The predicted molar refractivity (Wildman–Crippen MR) is 138 cm³/mol. The van der Waals surface area contributed by atoms with Crippen LogP contribution in [0.25, 0.3) is 0 Å². The minimum atomic E-state index is -1.01. The summed E-state index contributed by atoms with van der Waals surface area (Å²) in [6, 6.07) is 11.4. The summed E-state index contributed by atoms with van der Waals surface area (Å²) < 4.78 is 42.1. The largest absolute Gasteiger partial charge is 0.493 e. The molecule has 0 spiro atoms. The van der Waals surface area contributed by atoms with Gasteiger partial charge < -0.3 is 33.9 Å². The zero-order chi connectivity index (χ0) is 27.6. The fourth-order valence-corrected chi connectivity index (χ4v) is 4.81. The smallest absolute Gasteiger partial charge is 0.254 e. The highest BCUT2D eigenvalue weighted by Crippen LogP contribution is 2.47. The van der Waals surface area contributed by atoms with Gasteiger partial charge in [-0.3, -0.25) is 9.59 Å². The Hall–Kier alpha value is -4.47. The first kappa shape index (κ1) is 26.6. The van der Waals surface area contributed by atoms with Gasteiger partial charge >= 0.3 is 0 Å². The molecule has 0 saturated heterocycles. The molecular weight excluding hydrogens is 495 g/mol. The Labute approximate surface area is 220 Å². The van der Waals surface area contributed by atoms with Crippen LogP contribution in [0.3, 0.4) is 0 Å². The molecule has 0 saturated carbocycles. The molecule has 2 amide bonds. The topological polar surface area (TPSA) is 95.6 Å². The maximum absolute atomic E-state index is 15.1. The van der Waals surface area contributed by atoms with Gasteiger partial charge in [0.25, 0.3) is 5.91 Å². The number of hydrogen-bond donors (Lipinski definition) is 1. The monoisotopic (exact) mass is 524 g/mol. The second-order valence-electron chi connectivity index (χ2n) is 8.56. The SMILES string of the molecule is COc1cc2c(cc1OC)[C@@H](C(=O)Nc1cc(OC)c(OC)c(OC)c1)[C@@H](c1ccccc1F)N(C)C2=O. The molecule has 1 N–H and O–H groups in total. The van der Waals surface area contributed by atoms with Crippen LogP contribution < -0.4 is 29.0 Å². The zero-order valence-electron chi connectivity index (χ0n) is 22.0. The number of fused-ring (bicyclic) bond motifs is 1. The lowest BCUT2D eigenvalue weighted by molar-refractivity contribution is -0.119. The normalized spacial score (nSPS) is 16.4. The van der Waals surface area contributed by atoms with Crippen molar-refractivity contribution in [3.8, 4) is 28.7 Å². The summed E-state index contributed by atoms with van der Waals surface area (Å²) in [6.07, 6.45) is 0. The van der Waals surface area contributed by atoms with E-state index in [-0.39, 0.29) is 17.0 Å². The van der Waals surface area contributed by atoms with Crippen LogP contribution in [-0.4, -0.2) is 59.3 Å². The van der Waals surface area contributed by atoms with Crippen LogP contribution in [0.15, 0.2) is 48.5 Å². The maximum Gasteiger partial charge on any atom is 0.254 e. The van der Waals surface area contributed by atoms with Gasteiger partial charge in [-0.2, -0.15) is 0 Å². The number of anilines is 1. The second kappa shape index (κ2) is 10.9. The van der Waals surface area contributed by atoms with Gasteiger partial charge in [-0.25, -0.2) is 4.39 Å². The molecule has 3 aromatic carbocycles. The van der Waals surface area contributed by atoms with Crippen molar-refractivity contribution in [2.45, 2.75) is 12.0 Å². The summed E-state index contributed by atoms with van der Waals surface area (Å²) in [5, 5.41) is 2.89. The van der Waals surface area contributed by atoms with Crippen LogP contribution in [0.5, 0.6) is 28.7 Å². The van der Waals surface area contributed by atoms with Crippen molar-refractivity contribution in [1.29, 1.82) is 0 Å². The third-order valence-corrected chi connectivity index (χ3v) is 6.61. The van der Waals surface area contributed by atoms with Gasteiger partial charge in [0.05, 0.1) is 47.5 Å². The van der Waals surface area contributed by atoms with Crippen LogP contribution in [0.4, 0.5) is 10.1 Å². The van der Waals surface area contributed by atoms with Crippen molar-refractivity contribution in [3.05, 3.63) is 71.0 Å². The summed E-state index contributed by atoms with van der Waals surface area (Å²) in [6.45, 7) is 0. The molecule has 1 heterocycles. The fourth-order valence-electron chi connectivity index (χ4n) is 4.81. The Bertz CT molecular complexity index is 1350. The number of ether oxygens (including phenoxy) is 5. The molecule has 2 atom stereocenters. The molecule has 38 heavy (non-hydrogen) atoms. The van der Waals surface area contributed by atoms with Crippen molar-refractivity contribution in [1.82, 2.24) is 4.90 Å². The molecule has 1 aliphatic rings. The average Bonchev–Trinajstić information content (AvgIpc) is 2.93. The highest BCUT2D eigenvalue weighted by atomic mass is 19.1. The van der Waals surface area contributed by atoms with Gasteiger partial charge in [0.2, 0.25) is 11.7 Å². The number of nitrogens with zero attached hydrogens (tertiary/aromatic N) is 1. The number of nitrogens with one attached hydrogen (secondary N) is 1. The molecule has 0 radical (unpaired) electrons. The first-order valence-corrected chi connectivity index (χ1v) is 11.7. The van der Waals surface area contributed by atoms with E-state index in [1.807, 2.05) is 0 Å². The van der Waals surface area contributed by atoms with Crippen LogP contribution in [0.2, 0.25) is 0 Å². The number of carbonyl (C=O) groups is 2. The number of methoxy groups -OCH3 is 5. The first-order valence-electron chi connectivity index (χ1n) is 11.7. The Morgan fingerprint density at radius 1 is 0.816 bits per heavy atom. The molecule has 0 unspecified atom stereocenters. The Kier molecular flexibility index (Phi) is 7.61. The lowest BCUT2D eigenvalue weighted by Crippen LogP contribution is -2.44. The van der Waals surface area contributed by atoms with Gasteiger partial charge in [-0.15, -0.1) is 0 Å². The summed E-state index contributed by atoms with van der Waals surface area (Å²) in [5.74, 6) is -0.697. The van der Waals surface area contributed by atoms with E-state index in [1.165, 1.54) is 52.6 Å². The number of likely N-dealkylation sites (N-methyl/N-ethyl adjacent to an activating group) is 1. The maximum atomic E-state index is 15.1. The Morgan fingerprint density at radius 2 is 1.39 bits per heavy atom. The van der Waals surface area contributed by atoms with Crippen molar-refractivity contribution in [3.63, 3.8) is 0 Å². The molecule has 0 fully saturated rings. The molecule has 0 bridgehead atoms. The van der Waals surface area contributed by atoms with Crippen LogP contribution >= 0.6 is 0 Å². The van der Waals surface area contributed by atoms with Crippen molar-refractivity contribution >= 4 is 17.5 Å². The number of hydrogen-bond acceptors (Lipinski definition) is 7. The number of rotatable bonds is 8. The summed E-state index contributed by atoms with van der Waals surface area (Å²) in [5.41, 5.74) is 1.19. The average molecular weight is 525 g/mol. The molecule has 10 heteroatoms. The summed E-state index contributed by atoms with van der Waals surface area (Å²) in [7, 11) is 8.87. The van der Waals surface area contributed by atoms with Crippen molar-refractivity contribution < 1.29 is 37.7 Å². The summed E-state index contributed by atoms with van der Waals surface area (Å²) >= 11 is 0. The van der Waals surface area contributed by atoms with E-state index in [1.54, 1.807) is 43.4 Å². The van der Waals surface area contributed by atoms with Gasteiger partial charge in [-0.05, 0) is 23.8 Å². The third kappa shape index (κ3) is 4.53. The van der Waals surface area contributed by atoms with E-state index in [2.05, 4.69) is 5.32 Å². The van der Waals surface area contributed by atoms with E-state index in [9.17, 15) is 9.59 Å². The van der Waals surface area contributed by atoms with E-state index < -0.39 is 23.7 Å². The second-order valence-corrected chi connectivity index (χ2v) is 8.56. The molecule has 0 aromatic heterocycles. The minimum absolute atomic E-state index is 0.203. The van der Waals surface area contributed by atoms with Gasteiger partial charge in [0.1, 0.15) is 5.82 Å². The van der Waals surface area contributed by atoms with Crippen molar-refractivity contribution in [2.75, 3.05) is 47.9 Å². The lowest BCUT2D eigenvalue weighted by atomic mass is 9.79. The Morgan fingerprint density at radius 3 is 1.95 bits per heavy atom. The van der Waals surface area contributed by atoms with E-state index in [4.69, 9.17) is 23.7 Å². The summed E-state index contributed by atoms with van der Waals surface area (Å²) in [4.78, 5) is 28.9. The number of halogens is 1. The highest BCUT2D eigenvalue weighted by Gasteiger charge is 2.44. The van der Waals surface area contributed by atoms with E-state index in [0.29, 0.717) is 40.0 Å². The molecule has 0 aliphatic carbocycles. The van der Waals surface area contributed by atoms with Gasteiger partial charge in [-0.1, -0.05) is 18.2 Å². The first-order chi connectivity index (χ1) is 18.3. The van der Waals surface area contributed by atoms with Crippen LogP contribution in [-0.2, 0) is 4.79 Å². The standard InChI is InChI=1S/C28H29FN2O7/c1-31-25(16-9-7-8-10-19(16)29)24(17-13-20(34-2)21(35-3)14-18(17)28(31)33)27(32)30-15-11-22(36-4)26(38-6)23(12-15)37-5/h7-14,24-25H,1-6H3,(H,30,32)/t24-,25-/m1/s1. The van der Waals surface area contributed by atoms with Gasteiger partial charge in [0, 0.05) is 36.0 Å². The predicted octanol–water partition coefficient (Wildman–Crippen LogP) is 4.42. The van der Waals surface area contributed by atoms with Crippen LogP contribution in [0.1, 0.15) is 33.4 Å². The number of carbonyl (C=O) groups excluding carboxylic acids is 2. The highest BCUT2D eigenvalue weighted by molar-refractivity contribution is 6.05. The molecule has 200 valence electrons. The number of benzene rings is 3. The van der Waals surface area contributed by atoms with E-state index in [0.717, 1.165) is 0 Å².